The number of nitrogens with zero attached hydrogens (tertiary/aromatic N) is 7. The molecule has 1 atom stereocenters. The van der Waals surface area contributed by atoms with E-state index in [4.69, 9.17) is 9.97 Å². The Labute approximate surface area is 245 Å². The van der Waals surface area contributed by atoms with Gasteiger partial charge >= 0.3 is 0 Å². The van der Waals surface area contributed by atoms with E-state index in [1.807, 2.05) is 31.2 Å². The van der Waals surface area contributed by atoms with Crippen molar-refractivity contribution in [2.24, 2.45) is 5.41 Å². The number of rotatable bonds is 7. The molecule has 218 valence electrons. The monoisotopic (exact) mass is 566 g/mol. The van der Waals surface area contributed by atoms with Crippen molar-refractivity contribution >= 4 is 28.4 Å². The van der Waals surface area contributed by atoms with Crippen LogP contribution in [-0.4, -0.2) is 67.5 Å². The lowest BCUT2D eigenvalue weighted by Gasteiger charge is -2.41. The Morgan fingerprint density at radius 1 is 1.05 bits per heavy atom. The van der Waals surface area contributed by atoms with Crippen LogP contribution in [0.1, 0.15) is 43.9 Å². The van der Waals surface area contributed by atoms with Gasteiger partial charge in [0.15, 0.2) is 11.5 Å². The molecule has 7 rings (SSSR count). The lowest BCUT2D eigenvalue weighted by molar-refractivity contribution is -0.0580. The van der Waals surface area contributed by atoms with Gasteiger partial charge in [-0.25, -0.2) is 19.3 Å². The van der Waals surface area contributed by atoms with Crippen LogP contribution in [0, 0.1) is 5.41 Å². The van der Waals surface area contributed by atoms with E-state index >= 15 is 0 Å². The highest BCUT2D eigenvalue weighted by Crippen LogP contribution is 2.64. The van der Waals surface area contributed by atoms with Crippen molar-refractivity contribution in [3.05, 3.63) is 76.9 Å². The second-order valence-corrected chi connectivity index (χ2v) is 12.1. The number of benzene rings is 1. The summed E-state index contributed by atoms with van der Waals surface area (Å²) in [5.41, 5.74) is 3.06. The number of hydrogen-bond acceptors (Lipinski definition) is 8. The van der Waals surface area contributed by atoms with E-state index in [0.717, 1.165) is 68.8 Å². The standard InChI is InChI=1S/C32H38N8O2/c1-4-16-39-29(41)25-21-33-30(34-23-7-9-24(10-8-23)38-19-17-37(3)18-20-38)36-28(25)40(39)26-11-6-22-12-13-31(14-15-31)32(42,5-2)27(22)35-26/h4,6-11,21,42H,1,5,12-20H2,2-3H3,(H,33,34,36). The summed E-state index contributed by atoms with van der Waals surface area (Å²) < 4.78 is 3.32. The first-order chi connectivity index (χ1) is 20.4. The number of anilines is 3. The molecule has 1 saturated carbocycles. The number of aryl methyl sites for hydroxylation is 1. The molecule has 2 N–H and O–H groups in total. The summed E-state index contributed by atoms with van der Waals surface area (Å²) in [6.45, 7) is 10.3. The van der Waals surface area contributed by atoms with E-state index in [1.54, 1.807) is 21.6 Å². The minimum atomic E-state index is -0.971. The number of likely N-dealkylation sites (N-methyl/N-ethyl adjacent to an activating group) is 1. The van der Waals surface area contributed by atoms with Crippen LogP contribution in [0.4, 0.5) is 17.3 Å². The molecular weight excluding hydrogens is 528 g/mol. The van der Waals surface area contributed by atoms with Crippen LogP contribution in [0.5, 0.6) is 0 Å². The summed E-state index contributed by atoms with van der Waals surface area (Å²) in [7, 11) is 2.15. The SMILES string of the molecule is C=CCn1c(=O)c2cnc(Nc3ccc(N4CCN(C)CC4)cc3)nc2n1-c1ccc2c(n1)C(O)(CC)C1(CC2)CC1. The first-order valence-electron chi connectivity index (χ1n) is 15.0. The van der Waals surface area contributed by atoms with Crippen molar-refractivity contribution in [2.75, 3.05) is 43.4 Å². The van der Waals surface area contributed by atoms with Gasteiger partial charge in [-0.05, 0) is 75.0 Å². The fraction of sp³-hybridized carbons (Fsp3) is 0.438. The fourth-order valence-electron chi connectivity index (χ4n) is 6.90. The molecule has 4 heterocycles. The third-order valence-electron chi connectivity index (χ3n) is 9.66. The average Bonchev–Trinajstić information content (AvgIpc) is 3.76. The lowest BCUT2D eigenvalue weighted by Crippen LogP contribution is -2.44. The smallest absolute Gasteiger partial charge is 0.278 e. The molecule has 0 radical (unpaired) electrons. The molecule has 1 aliphatic heterocycles. The van der Waals surface area contributed by atoms with Gasteiger partial charge in [-0.1, -0.05) is 19.1 Å². The number of nitrogens with one attached hydrogen (secondary N) is 1. The normalized spacial score (nSPS) is 21.5. The molecule has 1 aromatic carbocycles. The number of piperazine rings is 1. The van der Waals surface area contributed by atoms with Crippen LogP contribution < -0.4 is 15.8 Å². The zero-order valence-corrected chi connectivity index (χ0v) is 24.4. The van der Waals surface area contributed by atoms with Crippen molar-refractivity contribution in [3.8, 4) is 5.82 Å². The lowest BCUT2D eigenvalue weighted by atomic mass is 9.70. The maximum absolute atomic E-state index is 13.5. The Morgan fingerprint density at radius 2 is 1.81 bits per heavy atom. The first-order valence-corrected chi connectivity index (χ1v) is 15.0. The second kappa shape index (κ2) is 10.1. The highest BCUT2D eigenvalue weighted by molar-refractivity contribution is 5.77. The minimum absolute atomic E-state index is 0.0843. The quantitative estimate of drug-likeness (QED) is 0.324. The van der Waals surface area contributed by atoms with Crippen LogP contribution in [0.15, 0.2) is 60.0 Å². The average molecular weight is 567 g/mol. The molecule has 0 amide bonds. The number of aliphatic hydroxyl groups is 1. The molecular formula is C32H38N8O2. The summed E-state index contributed by atoms with van der Waals surface area (Å²) in [4.78, 5) is 32.6. The van der Waals surface area contributed by atoms with Gasteiger partial charge < -0.3 is 20.2 Å². The van der Waals surface area contributed by atoms with Gasteiger partial charge in [0, 0.05) is 49.2 Å². The van der Waals surface area contributed by atoms with Crippen molar-refractivity contribution in [1.82, 2.24) is 29.2 Å². The van der Waals surface area contributed by atoms with Crippen LogP contribution >= 0.6 is 0 Å². The first kappa shape index (κ1) is 26.9. The Hall–Kier alpha value is -4.02. The highest BCUT2D eigenvalue weighted by atomic mass is 16.3. The Bertz CT molecular complexity index is 1710. The van der Waals surface area contributed by atoms with E-state index in [0.29, 0.717) is 29.2 Å². The number of pyridine rings is 1. The predicted octanol–water partition coefficient (Wildman–Crippen LogP) is 3.98. The van der Waals surface area contributed by atoms with Crippen molar-refractivity contribution < 1.29 is 5.11 Å². The molecule has 3 aromatic heterocycles. The summed E-state index contributed by atoms with van der Waals surface area (Å²) in [6.07, 6.45) is 7.79. The summed E-state index contributed by atoms with van der Waals surface area (Å²) in [5, 5.41) is 15.6. The number of aromatic nitrogens is 5. The molecule has 2 aliphatic carbocycles. The maximum atomic E-state index is 13.5. The van der Waals surface area contributed by atoms with Crippen molar-refractivity contribution in [3.63, 3.8) is 0 Å². The Balaban J connectivity index is 1.26. The van der Waals surface area contributed by atoms with Gasteiger partial charge in [0.25, 0.3) is 5.56 Å². The third kappa shape index (κ3) is 4.23. The van der Waals surface area contributed by atoms with E-state index < -0.39 is 5.60 Å². The molecule has 10 heteroatoms. The Morgan fingerprint density at radius 3 is 2.50 bits per heavy atom. The molecule has 42 heavy (non-hydrogen) atoms. The van der Waals surface area contributed by atoms with Gasteiger partial charge in [0.2, 0.25) is 5.95 Å². The highest BCUT2D eigenvalue weighted by Gasteiger charge is 2.61. The zero-order chi connectivity index (χ0) is 29.1. The minimum Gasteiger partial charge on any atom is -0.383 e. The predicted molar refractivity (Wildman–Crippen MR) is 165 cm³/mol. The molecule has 1 saturated heterocycles. The molecule has 4 aromatic rings. The van der Waals surface area contributed by atoms with Gasteiger partial charge in [-0.2, -0.15) is 4.98 Å². The van der Waals surface area contributed by atoms with Crippen molar-refractivity contribution in [2.45, 2.75) is 51.2 Å². The van der Waals surface area contributed by atoms with E-state index in [-0.39, 0.29) is 17.5 Å². The topological polar surface area (TPSA) is 104 Å². The molecule has 0 bridgehead atoms. The summed E-state index contributed by atoms with van der Waals surface area (Å²) in [5.74, 6) is 0.938. The molecule has 3 aliphatic rings. The van der Waals surface area contributed by atoms with Crippen LogP contribution in [0.2, 0.25) is 0 Å². The maximum Gasteiger partial charge on any atom is 0.278 e. The van der Waals surface area contributed by atoms with Gasteiger partial charge in [0.1, 0.15) is 11.0 Å². The zero-order valence-electron chi connectivity index (χ0n) is 24.4. The van der Waals surface area contributed by atoms with Crippen LogP contribution in [-0.2, 0) is 18.6 Å². The van der Waals surface area contributed by atoms with Crippen molar-refractivity contribution in [1.29, 1.82) is 0 Å². The number of hydrogen-bond donors (Lipinski definition) is 2. The largest absolute Gasteiger partial charge is 0.383 e. The molecule has 1 spiro atoms. The van der Waals surface area contributed by atoms with Gasteiger partial charge in [0.05, 0.1) is 12.2 Å². The van der Waals surface area contributed by atoms with Crippen LogP contribution in [0.3, 0.4) is 0 Å². The van der Waals surface area contributed by atoms with E-state index in [9.17, 15) is 9.90 Å². The van der Waals surface area contributed by atoms with E-state index in [1.165, 1.54) is 5.69 Å². The third-order valence-corrected chi connectivity index (χ3v) is 9.66. The molecule has 10 nitrogen and oxygen atoms in total. The fourth-order valence-corrected chi connectivity index (χ4v) is 6.90. The molecule has 1 unspecified atom stereocenters. The van der Waals surface area contributed by atoms with Gasteiger partial charge in [-0.3, -0.25) is 4.79 Å². The Kier molecular flexibility index (Phi) is 6.43. The second-order valence-electron chi connectivity index (χ2n) is 12.1. The summed E-state index contributed by atoms with van der Waals surface area (Å²) in [6, 6.07) is 12.3. The number of fused-ring (bicyclic) bond motifs is 2. The molecule has 2 fully saturated rings. The van der Waals surface area contributed by atoms with Gasteiger partial charge in [-0.15, -0.1) is 6.58 Å². The van der Waals surface area contributed by atoms with E-state index in [2.05, 4.69) is 45.9 Å². The summed E-state index contributed by atoms with van der Waals surface area (Å²) >= 11 is 0. The van der Waals surface area contributed by atoms with Crippen LogP contribution in [0.25, 0.3) is 16.9 Å². The number of allylic oxidation sites excluding steroid dienone is 1.